The van der Waals surface area contributed by atoms with Gasteiger partial charge in [-0.3, -0.25) is 37.3 Å². The number of allylic oxidation sites excluding steroid dienone is 24. The van der Waals surface area contributed by atoms with Crippen molar-refractivity contribution < 1.29 is 80.2 Å². The van der Waals surface area contributed by atoms with Gasteiger partial charge in [0.25, 0.3) is 0 Å². The molecule has 0 rings (SSSR count). The number of esters is 4. The summed E-state index contributed by atoms with van der Waals surface area (Å²) in [5.74, 6) is -2.37. The number of phosphoric ester groups is 2. The third kappa shape index (κ3) is 79.0. The van der Waals surface area contributed by atoms with Gasteiger partial charge in [-0.05, 0) is 141 Å². The van der Waals surface area contributed by atoms with Crippen molar-refractivity contribution in [2.75, 3.05) is 39.6 Å². The van der Waals surface area contributed by atoms with E-state index in [4.69, 9.17) is 37.0 Å². The molecule has 108 heavy (non-hydrogen) atoms. The van der Waals surface area contributed by atoms with Crippen LogP contribution in [0.5, 0.6) is 0 Å². The maximum Gasteiger partial charge on any atom is 0.472 e. The highest BCUT2D eigenvalue weighted by atomic mass is 31.2. The van der Waals surface area contributed by atoms with Crippen LogP contribution in [0.15, 0.2) is 146 Å². The van der Waals surface area contributed by atoms with Gasteiger partial charge in [0, 0.05) is 25.7 Å². The van der Waals surface area contributed by atoms with Gasteiger partial charge < -0.3 is 33.8 Å². The van der Waals surface area contributed by atoms with Crippen LogP contribution in [0.25, 0.3) is 0 Å². The SMILES string of the molecule is CCCCC/C=C\C/C=C\C/C=C\C/C=C\CCCC(=O)OC[C@H](COP(=O)(O)OC[C@H](O)COP(=O)(O)OC[C@@H](COC(=O)CCCCCCCCCCCCCCCCCCC)OC(=O)CCC/C=C\C/C=C\C/C=C\C/C=C\CCCCC)OC(=O)CCC/C=C\C/C=C\C/C=C\C/C=C\CCCCC. The zero-order chi connectivity index (χ0) is 78.9. The number of hydrogen-bond donors (Lipinski definition) is 3. The molecule has 0 aromatic heterocycles. The minimum absolute atomic E-state index is 0.00217. The van der Waals surface area contributed by atoms with E-state index in [1.807, 2.05) is 36.5 Å². The first kappa shape index (κ1) is 103. The fraction of sp³-hybridized carbons (Fsp3) is 0.685. The molecule has 0 spiro atoms. The lowest BCUT2D eigenvalue weighted by atomic mass is 10.0. The molecule has 5 atom stereocenters. The number of aliphatic hydroxyl groups is 1. The summed E-state index contributed by atoms with van der Waals surface area (Å²) in [6, 6.07) is 0. The number of carbonyl (C=O) groups is 4. The molecular formula is C89H150O17P2. The van der Waals surface area contributed by atoms with Crippen molar-refractivity contribution in [1.29, 1.82) is 0 Å². The Kier molecular flexibility index (Phi) is 76.3. The van der Waals surface area contributed by atoms with Gasteiger partial charge in [0.15, 0.2) is 12.2 Å². The second-order valence-corrected chi connectivity index (χ2v) is 30.6. The van der Waals surface area contributed by atoms with Crippen molar-refractivity contribution in [1.82, 2.24) is 0 Å². The summed E-state index contributed by atoms with van der Waals surface area (Å²) in [5, 5.41) is 10.7. The van der Waals surface area contributed by atoms with Gasteiger partial charge >= 0.3 is 39.5 Å². The molecule has 0 aliphatic rings. The fourth-order valence-electron chi connectivity index (χ4n) is 10.8. The quantitative estimate of drug-likeness (QED) is 0.0169. The molecule has 17 nitrogen and oxygen atoms in total. The van der Waals surface area contributed by atoms with Crippen LogP contribution in [0.1, 0.15) is 336 Å². The Labute approximate surface area is 656 Å². The molecule has 0 amide bonds. The van der Waals surface area contributed by atoms with E-state index < -0.39 is 97.5 Å². The monoisotopic (exact) mass is 1550 g/mol. The first-order valence-corrected chi connectivity index (χ1v) is 45.1. The Morgan fingerprint density at radius 1 is 0.259 bits per heavy atom. The lowest BCUT2D eigenvalue weighted by molar-refractivity contribution is -0.161. The van der Waals surface area contributed by atoms with E-state index in [0.717, 1.165) is 96.3 Å². The molecule has 618 valence electrons. The molecule has 0 bridgehead atoms. The summed E-state index contributed by atoms with van der Waals surface area (Å²) >= 11 is 0. The summed E-state index contributed by atoms with van der Waals surface area (Å²) in [6.07, 6.45) is 92.7. The molecule has 2 unspecified atom stereocenters. The minimum atomic E-state index is -5.02. The summed E-state index contributed by atoms with van der Waals surface area (Å²) in [4.78, 5) is 73.1. The van der Waals surface area contributed by atoms with Crippen molar-refractivity contribution in [3.8, 4) is 0 Å². The average molecular weight is 1550 g/mol. The summed E-state index contributed by atoms with van der Waals surface area (Å²) in [6.45, 7) is 4.63. The highest BCUT2D eigenvalue weighted by Crippen LogP contribution is 2.45. The summed E-state index contributed by atoms with van der Waals surface area (Å²) in [7, 11) is -10.0. The highest BCUT2D eigenvalue weighted by Gasteiger charge is 2.30. The van der Waals surface area contributed by atoms with E-state index in [9.17, 15) is 43.2 Å². The zero-order valence-electron chi connectivity index (χ0n) is 67.7. The Morgan fingerprint density at radius 3 is 0.731 bits per heavy atom. The molecule has 3 N–H and O–H groups in total. The molecule has 19 heteroatoms. The van der Waals surface area contributed by atoms with Crippen molar-refractivity contribution in [3.05, 3.63) is 146 Å². The average Bonchev–Trinajstić information content (AvgIpc) is 0.880. The van der Waals surface area contributed by atoms with Gasteiger partial charge in [0.05, 0.1) is 26.4 Å². The summed E-state index contributed by atoms with van der Waals surface area (Å²) < 4.78 is 68.6. The van der Waals surface area contributed by atoms with E-state index in [1.165, 1.54) is 141 Å². The van der Waals surface area contributed by atoms with Gasteiger partial charge in [0.2, 0.25) is 0 Å². The number of ether oxygens (including phenoxy) is 4. The molecule has 0 radical (unpaired) electrons. The highest BCUT2D eigenvalue weighted by molar-refractivity contribution is 7.47. The fourth-order valence-corrected chi connectivity index (χ4v) is 12.4. The maximum atomic E-state index is 13.1. The minimum Gasteiger partial charge on any atom is -0.462 e. The normalized spacial score (nSPS) is 14.5. The van der Waals surface area contributed by atoms with Gasteiger partial charge in [-0.15, -0.1) is 0 Å². The van der Waals surface area contributed by atoms with E-state index >= 15 is 0 Å². The van der Waals surface area contributed by atoms with Gasteiger partial charge in [-0.25, -0.2) is 9.13 Å². The second-order valence-electron chi connectivity index (χ2n) is 27.7. The predicted octanol–water partition coefficient (Wildman–Crippen LogP) is 25.0. The lowest BCUT2D eigenvalue weighted by Crippen LogP contribution is -2.30. The van der Waals surface area contributed by atoms with E-state index in [-0.39, 0.29) is 25.7 Å². The molecule has 0 fully saturated rings. The number of rotatable bonds is 78. The Morgan fingerprint density at radius 2 is 0.463 bits per heavy atom. The molecule has 0 aromatic carbocycles. The number of carbonyl (C=O) groups excluding carboxylic acids is 4. The van der Waals surface area contributed by atoms with Crippen LogP contribution in [0.4, 0.5) is 0 Å². The number of unbranched alkanes of at least 4 members (excludes halogenated alkanes) is 28. The van der Waals surface area contributed by atoms with Gasteiger partial charge in [-0.2, -0.15) is 0 Å². The first-order valence-electron chi connectivity index (χ1n) is 42.1. The Balaban J connectivity index is 5.52. The van der Waals surface area contributed by atoms with E-state index in [1.54, 1.807) is 0 Å². The summed E-state index contributed by atoms with van der Waals surface area (Å²) in [5.41, 5.74) is 0. The first-order chi connectivity index (χ1) is 52.7. The topological polar surface area (TPSA) is 237 Å². The molecule has 0 heterocycles. The predicted molar refractivity (Wildman–Crippen MR) is 445 cm³/mol. The van der Waals surface area contributed by atoms with Crippen molar-refractivity contribution in [2.24, 2.45) is 0 Å². The van der Waals surface area contributed by atoms with Gasteiger partial charge in [-0.1, -0.05) is 315 Å². The maximum absolute atomic E-state index is 13.1. The second kappa shape index (κ2) is 80.0. The van der Waals surface area contributed by atoms with Crippen LogP contribution >= 0.6 is 15.6 Å². The largest absolute Gasteiger partial charge is 0.472 e. The molecule has 0 saturated heterocycles. The Bertz CT molecular complexity index is 2610. The third-order valence-electron chi connectivity index (χ3n) is 17.3. The van der Waals surface area contributed by atoms with Crippen LogP contribution in [0.3, 0.4) is 0 Å². The molecule has 0 saturated carbocycles. The van der Waals surface area contributed by atoms with E-state index in [2.05, 4.69) is 137 Å². The number of hydrogen-bond acceptors (Lipinski definition) is 15. The molecular weight excluding hydrogens is 1400 g/mol. The van der Waals surface area contributed by atoms with Gasteiger partial charge in [0.1, 0.15) is 19.3 Å². The van der Waals surface area contributed by atoms with Crippen molar-refractivity contribution in [2.45, 2.75) is 354 Å². The van der Waals surface area contributed by atoms with Crippen LogP contribution < -0.4 is 0 Å². The number of aliphatic hydroxyl groups excluding tert-OH is 1. The van der Waals surface area contributed by atoms with Crippen LogP contribution in [0.2, 0.25) is 0 Å². The van der Waals surface area contributed by atoms with Crippen LogP contribution in [-0.4, -0.2) is 96.7 Å². The van der Waals surface area contributed by atoms with E-state index in [0.29, 0.717) is 44.9 Å². The smallest absolute Gasteiger partial charge is 0.462 e. The molecule has 0 aliphatic carbocycles. The Hall–Kier alpha value is -5.06. The van der Waals surface area contributed by atoms with Crippen molar-refractivity contribution in [3.63, 3.8) is 0 Å². The zero-order valence-corrected chi connectivity index (χ0v) is 69.5. The third-order valence-corrected chi connectivity index (χ3v) is 19.2. The lowest BCUT2D eigenvalue weighted by Gasteiger charge is -2.21. The van der Waals surface area contributed by atoms with Crippen molar-refractivity contribution >= 4 is 39.5 Å². The molecule has 0 aliphatic heterocycles. The standard InChI is InChI=1S/C89H150O17P2/c1-5-9-13-17-21-25-29-33-37-41-45-49-53-57-61-65-69-73-86(91)99-79-84(105-88(93)75-71-67-63-59-55-51-47-43-39-35-31-27-23-19-15-11-7-3)81-103-107(95,96)101-77-83(90)78-102-108(97,98)104-82-85(106-89(94)76-72-68-64-60-56-52-48-44-40-36-32-28-24-20-16-12-8-4)80-100-87(92)74-70-66-62-58-54-50-46-42-38-34-30-26-22-18-14-10-6-2/h21,23-25,27-28,33,35-37,39-40,45,47-49,51-52,57,59-61,63-64,83-85,90H,5-20,22,26,29-32,34,38,41-44,46,50,53-56,58,62,65-82H2,1-4H3,(H,95,96)(H,97,98)/b25-21-,27-23-,28-24-,37-33-,39-35-,40-36-,49-45-,51-47-,52-48-,61-57-,63-59-,64-60-/t83-,84+,85+/m0/s1. The van der Waals surface area contributed by atoms with Crippen LogP contribution in [-0.2, 0) is 65.4 Å². The number of phosphoric acid groups is 2. The van der Waals surface area contributed by atoms with Crippen LogP contribution in [0, 0.1) is 0 Å². The molecule has 0 aromatic rings.